The summed E-state index contributed by atoms with van der Waals surface area (Å²) in [5.74, 6) is -0.178. The van der Waals surface area contributed by atoms with Crippen LogP contribution in [0.2, 0.25) is 0 Å². The van der Waals surface area contributed by atoms with Gasteiger partial charge in [0.15, 0.2) is 12.6 Å². The zero-order valence-corrected chi connectivity index (χ0v) is 33.5. The highest BCUT2D eigenvalue weighted by Gasteiger charge is 2.50. The second kappa shape index (κ2) is 15.4. The standard InChI is InChI=1S/C40H49F2N7O7S/c1-5-28-32(41)11-8-25-18-27(56-24-53-4)19-31(33(25)28)29-9-10-30-35(34(29)42)44-37(45-36(30)48-16-6-13-39(22-48)21-43-57(51,52)46-39)55-23-40-14-7-17-49(40)26(12-15-40)20-54-38(50)47(2)3/h8-11,18-19,26,43,46H,5-7,12-17,20-24H2,1-4H3/t26-,39?,40+/m0/s1. The van der Waals surface area contributed by atoms with Crippen molar-refractivity contribution in [2.75, 3.05) is 72.3 Å². The zero-order valence-electron chi connectivity index (χ0n) is 32.7. The molecule has 1 aromatic heterocycles. The van der Waals surface area contributed by atoms with Crippen LogP contribution in [0.1, 0.15) is 51.0 Å². The number of methoxy groups -OCH3 is 1. The number of nitrogens with one attached hydrogen (secondary N) is 2. The normalized spacial score (nSPS) is 24.4. The molecule has 57 heavy (non-hydrogen) atoms. The van der Waals surface area contributed by atoms with Crippen LogP contribution < -0.4 is 23.8 Å². The number of rotatable bonds is 11. The maximum Gasteiger partial charge on any atom is 0.409 e. The number of piperidine rings is 1. The number of carbonyl (C=O) groups is 1. The third-order valence-electron chi connectivity index (χ3n) is 12.0. The highest BCUT2D eigenvalue weighted by molar-refractivity contribution is 7.87. The Morgan fingerprint density at radius 2 is 1.86 bits per heavy atom. The minimum absolute atomic E-state index is 0.00987. The van der Waals surface area contributed by atoms with Gasteiger partial charge in [-0.15, -0.1) is 0 Å². The van der Waals surface area contributed by atoms with E-state index in [0.29, 0.717) is 71.2 Å². The van der Waals surface area contributed by atoms with Gasteiger partial charge in [0.05, 0.1) is 11.1 Å². The van der Waals surface area contributed by atoms with Gasteiger partial charge in [-0.2, -0.15) is 23.1 Å². The number of aromatic nitrogens is 2. The summed E-state index contributed by atoms with van der Waals surface area (Å²) in [7, 11) is 1.15. The molecule has 0 aliphatic carbocycles. The van der Waals surface area contributed by atoms with Crippen molar-refractivity contribution in [1.82, 2.24) is 29.2 Å². The molecule has 8 rings (SSSR count). The summed E-state index contributed by atoms with van der Waals surface area (Å²) in [4.78, 5) is 27.6. The van der Waals surface area contributed by atoms with Crippen molar-refractivity contribution in [3.63, 3.8) is 0 Å². The number of halogens is 2. The van der Waals surface area contributed by atoms with Crippen molar-refractivity contribution >= 4 is 43.8 Å². The number of aryl methyl sites for hydroxylation is 1. The van der Waals surface area contributed by atoms with E-state index >= 15 is 8.78 Å². The number of anilines is 1. The van der Waals surface area contributed by atoms with Crippen molar-refractivity contribution in [3.05, 3.63) is 53.6 Å². The second-order valence-electron chi connectivity index (χ2n) is 15.9. The van der Waals surface area contributed by atoms with Gasteiger partial charge in [0.2, 0.25) is 0 Å². The predicted octanol–water partition coefficient (Wildman–Crippen LogP) is 5.12. The molecule has 17 heteroatoms. The summed E-state index contributed by atoms with van der Waals surface area (Å²) >= 11 is 0. The lowest BCUT2D eigenvalue weighted by molar-refractivity contribution is 0.0484. The number of ether oxygens (including phenoxy) is 4. The van der Waals surface area contributed by atoms with Gasteiger partial charge in [0.1, 0.15) is 36.1 Å². The molecule has 4 fully saturated rings. The summed E-state index contributed by atoms with van der Waals surface area (Å²) in [6.07, 6.45) is 4.74. The summed E-state index contributed by atoms with van der Waals surface area (Å²) in [6, 6.07) is 9.98. The topological polar surface area (TPSA) is 148 Å². The van der Waals surface area contributed by atoms with Crippen molar-refractivity contribution in [2.24, 2.45) is 0 Å². The molecule has 14 nitrogen and oxygen atoms in total. The van der Waals surface area contributed by atoms with E-state index in [4.69, 9.17) is 28.9 Å². The van der Waals surface area contributed by atoms with Gasteiger partial charge in [0, 0.05) is 57.8 Å². The maximum absolute atomic E-state index is 17.5. The summed E-state index contributed by atoms with van der Waals surface area (Å²) < 4.78 is 86.2. The number of nitrogens with zero attached hydrogens (tertiary/aromatic N) is 5. The zero-order chi connectivity index (χ0) is 40.1. The van der Waals surface area contributed by atoms with Gasteiger partial charge in [0.25, 0.3) is 10.2 Å². The van der Waals surface area contributed by atoms with Crippen molar-refractivity contribution < 1.29 is 40.9 Å². The van der Waals surface area contributed by atoms with Crippen LogP contribution in [0.25, 0.3) is 32.8 Å². The first kappa shape index (κ1) is 39.4. The van der Waals surface area contributed by atoms with Crippen LogP contribution in [0.5, 0.6) is 11.8 Å². The Labute approximate surface area is 331 Å². The van der Waals surface area contributed by atoms with Crippen LogP contribution in [0, 0.1) is 11.6 Å². The van der Waals surface area contributed by atoms with Gasteiger partial charge in [-0.25, -0.2) is 18.3 Å². The van der Waals surface area contributed by atoms with E-state index in [1.54, 1.807) is 44.4 Å². The molecule has 1 unspecified atom stereocenters. The number of benzene rings is 3. The Kier molecular flexibility index (Phi) is 10.6. The maximum atomic E-state index is 17.5. The average molecular weight is 810 g/mol. The summed E-state index contributed by atoms with van der Waals surface area (Å²) in [5, 5.41) is 1.68. The smallest absolute Gasteiger partial charge is 0.409 e. The van der Waals surface area contributed by atoms with Crippen LogP contribution in [0.4, 0.5) is 19.4 Å². The number of hydrogen-bond donors (Lipinski definition) is 2. The van der Waals surface area contributed by atoms with Gasteiger partial charge in [-0.1, -0.05) is 19.1 Å². The van der Waals surface area contributed by atoms with Crippen LogP contribution >= 0.6 is 0 Å². The lowest BCUT2D eigenvalue weighted by Gasteiger charge is -2.40. The number of carbonyl (C=O) groups excluding carboxylic acids is 1. The first-order valence-corrected chi connectivity index (χ1v) is 21.0. The first-order chi connectivity index (χ1) is 27.3. The Morgan fingerprint density at radius 1 is 1.04 bits per heavy atom. The van der Waals surface area contributed by atoms with E-state index in [2.05, 4.69) is 14.3 Å². The SMILES string of the molecule is CCc1c(F)ccc2cc(OCOC)cc(-c3ccc4c(N5CCCC6(CNS(=O)(=O)N6)C5)nc(OC[C@]56CCCN5[C@H](COC(=O)N(C)C)CC6)nc4c3F)c12. The predicted molar refractivity (Wildman–Crippen MR) is 211 cm³/mol. The molecule has 0 saturated carbocycles. The van der Waals surface area contributed by atoms with Crippen LogP contribution in [0.3, 0.4) is 0 Å². The van der Waals surface area contributed by atoms with E-state index in [0.717, 1.165) is 32.2 Å². The monoisotopic (exact) mass is 809 g/mol. The molecule has 0 bridgehead atoms. The quantitative estimate of drug-likeness (QED) is 0.195. The highest BCUT2D eigenvalue weighted by atomic mass is 32.2. The van der Waals surface area contributed by atoms with Gasteiger partial charge >= 0.3 is 12.1 Å². The number of amides is 1. The first-order valence-electron chi connectivity index (χ1n) is 19.5. The molecule has 0 radical (unpaired) electrons. The van der Waals surface area contributed by atoms with E-state index in [9.17, 15) is 13.2 Å². The fraction of sp³-hybridized carbons (Fsp3) is 0.525. The van der Waals surface area contributed by atoms with Crippen molar-refractivity contribution in [1.29, 1.82) is 0 Å². The minimum Gasteiger partial charge on any atom is -0.468 e. The molecule has 4 aromatic rings. The largest absolute Gasteiger partial charge is 0.468 e. The average Bonchev–Trinajstić information content (AvgIpc) is 3.86. The third-order valence-corrected chi connectivity index (χ3v) is 13.2. The molecule has 5 heterocycles. The van der Waals surface area contributed by atoms with Crippen LogP contribution in [-0.2, 0) is 26.1 Å². The molecule has 4 aliphatic heterocycles. The molecular formula is C40H49F2N7O7S. The lowest BCUT2D eigenvalue weighted by atomic mass is 9.90. The van der Waals surface area contributed by atoms with Crippen LogP contribution in [-0.4, -0.2) is 119 Å². The summed E-state index contributed by atoms with van der Waals surface area (Å²) in [5.41, 5.74) is -0.00388. The molecule has 4 aliphatic rings. The van der Waals surface area contributed by atoms with E-state index in [1.165, 1.54) is 18.1 Å². The fourth-order valence-corrected chi connectivity index (χ4v) is 10.7. The van der Waals surface area contributed by atoms with Gasteiger partial charge in [-0.3, -0.25) is 4.90 Å². The van der Waals surface area contributed by atoms with Crippen LogP contribution in [0.15, 0.2) is 36.4 Å². The molecule has 4 saturated heterocycles. The lowest BCUT2D eigenvalue weighted by Crippen LogP contribution is -2.56. The molecule has 306 valence electrons. The van der Waals surface area contributed by atoms with Gasteiger partial charge in [-0.05, 0) is 97.7 Å². The molecule has 3 aromatic carbocycles. The molecule has 3 atom stereocenters. The Morgan fingerprint density at radius 3 is 2.61 bits per heavy atom. The highest BCUT2D eigenvalue weighted by Crippen LogP contribution is 2.44. The molecule has 2 N–H and O–H groups in total. The summed E-state index contributed by atoms with van der Waals surface area (Å²) in [6.45, 7) is 4.22. The van der Waals surface area contributed by atoms with Gasteiger partial charge < -0.3 is 28.7 Å². The Hall–Kier alpha value is -4.42. The molecular weight excluding hydrogens is 761 g/mol. The number of hydrogen-bond acceptors (Lipinski definition) is 11. The second-order valence-corrected chi connectivity index (χ2v) is 17.4. The molecule has 1 amide bonds. The third kappa shape index (κ3) is 7.44. The fourth-order valence-electron chi connectivity index (χ4n) is 9.31. The van der Waals surface area contributed by atoms with E-state index in [-0.39, 0.29) is 67.1 Å². The van der Waals surface area contributed by atoms with Crippen molar-refractivity contribution in [3.8, 4) is 22.9 Å². The van der Waals surface area contributed by atoms with E-state index < -0.39 is 21.6 Å². The Bertz CT molecular complexity index is 2320. The van der Waals surface area contributed by atoms with E-state index in [1.807, 2.05) is 11.8 Å². The molecule has 1 spiro atoms. The number of fused-ring (bicyclic) bond motifs is 3. The van der Waals surface area contributed by atoms with Crippen molar-refractivity contribution in [2.45, 2.75) is 69.0 Å². The Balaban J connectivity index is 1.21. The minimum atomic E-state index is -3.66.